The molecule has 0 aliphatic carbocycles. The molecule has 1 aliphatic heterocycles. The van der Waals surface area contributed by atoms with Crippen LogP contribution in [0.5, 0.6) is 0 Å². The van der Waals surface area contributed by atoms with E-state index in [1.807, 2.05) is 32.0 Å². The van der Waals surface area contributed by atoms with Crippen molar-refractivity contribution in [2.24, 2.45) is 0 Å². The molecule has 5 nitrogen and oxygen atoms in total. The summed E-state index contributed by atoms with van der Waals surface area (Å²) in [6, 6.07) is 10.9. The molecule has 0 bridgehead atoms. The third-order valence-corrected chi connectivity index (χ3v) is 4.44. The molecule has 6 heteroatoms. The molecule has 0 unspecified atom stereocenters. The summed E-state index contributed by atoms with van der Waals surface area (Å²) < 4.78 is 18.8. The summed E-state index contributed by atoms with van der Waals surface area (Å²) in [6.07, 6.45) is -0.885. The number of hydrogen-bond acceptors (Lipinski definition) is 3. The average molecular weight is 356 g/mol. The third-order valence-electron chi connectivity index (χ3n) is 4.44. The van der Waals surface area contributed by atoms with E-state index in [1.54, 1.807) is 19.2 Å². The van der Waals surface area contributed by atoms with Crippen LogP contribution in [-0.4, -0.2) is 36.5 Å². The van der Waals surface area contributed by atoms with Gasteiger partial charge in [0.1, 0.15) is 12.4 Å². The van der Waals surface area contributed by atoms with Crippen molar-refractivity contribution < 1.29 is 18.7 Å². The lowest BCUT2D eigenvalue weighted by atomic mass is 9.97. The Morgan fingerprint density at radius 1 is 1.15 bits per heavy atom. The molecular formula is C20H21FN2O3. The predicted molar refractivity (Wildman–Crippen MR) is 96.2 cm³/mol. The summed E-state index contributed by atoms with van der Waals surface area (Å²) in [5.41, 5.74) is 3.38. The number of carbonyl (C=O) groups excluding carboxylic acids is 2. The first-order valence-corrected chi connectivity index (χ1v) is 8.37. The van der Waals surface area contributed by atoms with Crippen molar-refractivity contribution in [1.82, 2.24) is 4.90 Å². The summed E-state index contributed by atoms with van der Waals surface area (Å²) in [6.45, 7) is 3.74. The van der Waals surface area contributed by atoms with Crippen LogP contribution in [0.4, 0.5) is 10.1 Å². The Hall–Kier alpha value is -2.73. The second-order valence-corrected chi connectivity index (χ2v) is 6.60. The molecule has 2 atom stereocenters. The normalized spacial score (nSPS) is 20.2. The van der Waals surface area contributed by atoms with Gasteiger partial charge in [0.05, 0.1) is 6.04 Å². The van der Waals surface area contributed by atoms with Crippen LogP contribution in [0.3, 0.4) is 0 Å². The van der Waals surface area contributed by atoms with Gasteiger partial charge in [-0.05, 0) is 54.8 Å². The number of aryl methyl sites for hydroxylation is 2. The first kappa shape index (κ1) is 18.1. The molecule has 1 heterocycles. The average Bonchev–Trinajstić information content (AvgIpc) is 2.57. The molecular weight excluding hydrogens is 335 g/mol. The highest BCUT2D eigenvalue weighted by atomic mass is 19.1. The smallest absolute Gasteiger partial charge is 0.256 e. The second-order valence-electron chi connectivity index (χ2n) is 6.60. The van der Waals surface area contributed by atoms with Crippen LogP contribution in [0.25, 0.3) is 0 Å². The summed E-state index contributed by atoms with van der Waals surface area (Å²) in [5, 5.41) is 2.86. The second kappa shape index (κ2) is 7.25. The molecule has 1 N–H and O–H groups in total. The zero-order valence-electron chi connectivity index (χ0n) is 15.0. The molecule has 1 fully saturated rings. The van der Waals surface area contributed by atoms with Crippen molar-refractivity contribution in [1.29, 1.82) is 0 Å². The number of halogens is 1. The molecule has 2 amide bonds. The minimum atomic E-state index is -0.885. The number of ether oxygens (including phenoxy) is 1. The molecule has 3 rings (SSSR count). The number of nitrogens with one attached hydrogen (secondary N) is 1. The van der Waals surface area contributed by atoms with Crippen LogP contribution in [0.15, 0.2) is 42.5 Å². The van der Waals surface area contributed by atoms with Crippen LogP contribution in [0.1, 0.15) is 22.7 Å². The van der Waals surface area contributed by atoms with Crippen LogP contribution >= 0.6 is 0 Å². The minimum absolute atomic E-state index is 0.168. The summed E-state index contributed by atoms with van der Waals surface area (Å²) in [5.74, 6) is -0.950. The van der Waals surface area contributed by atoms with Gasteiger partial charge in [-0.25, -0.2) is 4.39 Å². The van der Waals surface area contributed by atoms with E-state index in [4.69, 9.17) is 4.74 Å². The third kappa shape index (κ3) is 3.75. The fourth-order valence-corrected chi connectivity index (χ4v) is 3.25. The molecule has 2 aromatic rings. The van der Waals surface area contributed by atoms with Crippen LogP contribution in [0, 0.1) is 19.7 Å². The highest BCUT2D eigenvalue weighted by Gasteiger charge is 2.40. The number of hydrogen-bond donors (Lipinski definition) is 1. The van der Waals surface area contributed by atoms with Crippen molar-refractivity contribution >= 4 is 17.5 Å². The highest BCUT2D eigenvalue weighted by molar-refractivity contribution is 5.96. The van der Waals surface area contributed by atoms with Gasteiger partial charge in [0.15, 0.2) is 6.10 Å². The Kier molecular flexibility index (Phi) is 5.04. The summed E-state index contributed by atoms with van der Waals surface area (Å²) in [4.78, 5) is 26.4. The zero-order valence-corrected chi connectivity index (χ0v) is 15.0. The Morgan fingerprint density at radius 3 is 2.38 bits per heavy atom. The van der Waals surface area contributed by atoms with Gasteiger partial charge in [-0.1, -0.05) is 18.2 Å². The predicted octanol–water partition coefficient (Wildman–Crippen LogP) is 2.98. The number of rotatable bonds is 3. The number of anilines is 1. The lowest BCUT2D eigenvalue weighted by Crippen LogP contribution is -2.51. The Bertz CT molecular complexity index is 815. The molecule has 1 aliphatic rings. The quantitative estimate of drug-likeness (QED) is 0.920. The topological polar surface area (TPSA) is 58.6 Å². The van der Waals surface area contributed by atoms with Crippen LogP contribution in [0.2, 0.25) is 0 Å². The van der Waals surface area contributed by atoms with E-state index in [0.717, 1.165) is 11.1 Å². The van der Waals surface area contributed by atoms with E-state index in [0.29, 0.717) is 11.3 Å². The first-order chi connectivity index (χ1) is 12.3. The summed E-state index contributed by atoms with van der Waals surface area (Å²) in [7, 11) is 1.62. The largest absolute Gasteiger partial charge is 0.356 e. The van der Waals surface area contributed by atoms with Crippen LogP contribution < -0.4 is 5.32 Å². The molecule has 26 heavy (non-hydrogen) atoms. The van der Waals surface area contributed by atoms with Gasteiger partial charge in [0.2, 0.25) is 5.91 Å². The number of morpholine rings is 1. The number of benzene rings is 2. The lowest BCUT2D eigenvalue weighted by Gasteiger charge is -2.38. The Labute approximate surface area is 151 Å². The van der Waals surface area contributed by atoms with Gasteiger partial charge in [0.25, 0.3) is 5.91 Å². The molecule has 2 aromatic carbocycles. The van der Waals surface area contributed by atoms with E-state index in [1.165, 1.54) is 17.0 Å². The Balaban J connectivity index is 1.88. The molecule has 0 spiro atoms. The minimum Gasteiger partial charge on any atom is -0.356 e. The first-order valence-electron chi connectivity index (χ1n) is 8.37. The maximum atomic E-state index is 13.3. The fraction of sp³-hybridized carbons (Fsp3) is 0.300. The maximum Gasteiger partial charge on any atom is 0.256 e. The Morgan fingerprint density at radius 2 is 1.77 bits per heavy atom. The van der Waals surface area contributed by atoms with E-state index < -0.39 is 12.1 Å². The number of amides is 2. The molecule has 1 saturated heterocycles. The van der Waals surface area contributed by atoms with Crippen molar-refractivity contribution in [3.05, 3.63) is 65.0 Å². The van der Waals surface area contributed by atoms with Gasteiger partial charge in [-0.15, -0.1) is 0 Å². The van der Waals surface area contributed by atoms with Gasteiger partial charge >= 0.3 is 0 Å². The standard InChI is InChI=1S/C20H21FN2O3/c1-12-8-13(2)10-16(9-12)22-20(25)19-18(23(3)17(24)11-26-19)14-4-6-15(21)7-5-14/h4-10,18-19H,11H2,1-3H3,(H,22,25)/t18-,19+/m0/s1. The lowest BCUT2D eigenvalue weighted by molar-refractivity contribution is -0.160. The number of nitrogens with zero attached hydrogens (tertiary/aromatic N) is 1. The van der Waals surface area contributed by atoms with E-state index in [2.05, 4.69) is 5.32 Å². The molecule has 0 saturated carbocycles. The molecule has 136 valence electrons. The van der Waals surface area contributed by atoms with Gasteiger partial charge in [-0.2, -0.15) is 0 Å². The highest BCUT2D eigenvalue weighted by Crippen LogP contribution is 2.30. The zero-order chi connectivity index (χ0) is 18.8. The van der Waals surface area contributed by atoms with Crippen molar-refractivity contribution in [3.63, 3.8) is 0 Å². The monoisotopic (exact) mass is 356 g/mol. The van der Waals surface area contributed by atoms with E-state index in [-0.39, 0.29) is 24.2 Å². The van der Waals surface area contributed by atoms with Crippen LogP contribution in [-0.2, 0) is 14.3 Å². The van der Waals surface area contributed by atoms with E-state index >= 15 is 0 Å². The number of carbonyl (C=O) groups is 2. The van der Waals surface area contributed by atoms with Gasteiger partial charge in [0, 0.05) is 12.7 Å². The van der Waals surface area contributed by atoms with E-state index in [9.17, 15) is 14.0 Å². The summed E-state index contributed by atoms with van der Waals surface area (Å²) >= 11 is 0. The number of likely N-dealkylation sites (N-methyl/N-ethyl adjacent to an activating group) is 1. The van der Waals surface area contributed by atoms with Crippen molar-refractivity contribution in [3.8, 4) is 0 Å². The van der Waals surface area contributed by atoms with Gasteiger partial charge < -0.3 is 15.0 Å². The molecule has 0 aromatic heterocycles. The fourth-order valence-electron chi connectivity index (χ4n) is 3.25. The van der Waals surface area contributed by atoms with Crippen molar-refractivity contribution in [2.45, 2.75) is 26.0 Å². The van der Waals surface area contributed by atoms with Crippen molar-refractivity contribution in [2.75, 3.05) is 19.0 Å². The SMILES string of the molecule is Cc1cc(C)cc(NC(=O)[C@@H]2OCC(=O)N(C)[C@H]2c2ccc(F)cc2)c1. The molecule has 0 radical (unpaired) electrons. The van der Waals surface area contributed by atoms with Gasteiger partial charge in [-0.3, -0.25) is 9.59 Å². The maximum absolute atomic E-state index is 13.3.